The molecule has 0 saturated carbocycles. The van der Waals surface area contributed by atoms with Crippen LogP contribution in [-0.4, -0.2) is 19.7 Å². The van der Waals surface area contributed by atoms with E-state index in [0.29, 0.717) is 6.42 Å². The lowest BCUT2D eigenvalue weighted by atomic mass is 10.1. The lowest BCUT2D eigenvalue weighted by Crippen LogP contribution is -2.47. The Morgan fingerprint density at radius 1 is 1.40 bits per heavy atom. The van der Waals surface area contributed by atoms with Gasteiger partial charge >= 0.3 is 0 Å². The summed E-state index contributed by atoms with van der Waals surface area (Å²) in [5.74, 6) is 0.177. The van der Waals surface area contributed by atoms with Gasteiger partial charge in [0.1, 0.15) is 0 Å². The molecule has 0 heterocycles. The van der Waals surface area contributed by atoms with Gasteiger partial charge < -0.3 is 4.43 Å². The van der Waals surface area contributed by atoms with E-state index in [1.54, 1.807) is 6.08 Å². The summed E-state index contributed by atoms with van der Waals surface area (Å²) in [4.78, 5) is 11.2. The van der Waals surface area contributed by atoms with E-state index in [9.17, 15) is 4.79 Å². The summed E-state index contributed by atoms with van der Waals surface area (Å²) in [6.07, 6.45) is 4.06. The van der Waals surface area contributed by atoms with E-state index >= 15 is 0 Å². The monoisotopic (exact) mass is 226 g/mol. The Labute approximate surface area is 93.8 Å². The van der Waals surface area contributed by atoms with E-state index < -0.39 is 8.32 Å². The van der Waals surface area contributed by atoms with Crippen molar-refractivity contribution in [2.45, 2.75) is 57.8 Å². The van der Waals surface area contributed by atoms with Crippen LogP contribution in [0.2, 0.25) is 18.1 Å². The van der Waals surface area contributed by atoms with Crippen molar-refractivity contribution in [3.8, 4) is 0 Å². The molecule has 0 aliphatic heterocycles. The first-order chi connectivity index (χ1) is 6.56. The summed E-state index contributed by atoms with van der Waals surface area (Å²) < 4.78 is 6.25. The maximum Gasteiger partial charge on any atom is 0.193 e. The van der Waals surface area contributed by atoms with Crippen molar-refractivity contribution >= 4 is 14.1 Å². The summed E-state index contributed by atoms with van der Waals surface area (Å²) in [7, 11) is -1.78. The molecule has 0 aromatic heterocycles. The Balaban J connectivity index is 2.79. The molecule has 1 aliphatic rings. The Morgan fingerprint density at radius 2 is 1.93 bits per heavy atom. The predicted molar refractivity (Wildman–Crippen MR) is 65.5 cm³/mol. The van der Waals surface area contributed by atoms with Gasteiger partial charge in [-0.2, -0.15) is 0 Å². The number of carbonyl (C=O) groups is 1. The Morgan fingerprint density at radius 3 is 2.27 bits per heavy atom. The second kappa shape index (κ2) is 3.56. The Kier molecular flexibility index (Phi) is 3.00. The molecule has 0 spiro atoms. The molecule has 0 aromatic rings. The predicted octanol–water partition coefficient (Wildman–Crippen LogP) is 3.30. The molecule has 1 atom stereocenters. The van der Waals surface area contributed by atoms with Gasteiger partial charge in [-0.05, 0) is 31.1 Å². The van der Waals surface area contributed by atoms with Crippen molar-refractivity contribution < 1.29 is 9.22 Å². The van der Waals surface area contributed by atoms with Crippen molar-refractivity contribution in [3.63, 3.8) is 0 Å². The molecule has 0 radical (unpaired) electrons. The minimum Gasteiger partial charge on any atom is -0.408 e. The average molecular weight is 226 g/mol. The molecule has 0 N–H and O–H groups in total. The molecular weight excluding hydrogens is 204 g/mol. The molecule has 15 heavy (non-hydrogen) atoms. The number of allylic oxidation sites excluding steroid dienone is 1. The molecule has 0 bridgehead atoms. The van der Waals surface area contributed by atoms with Gasteiger partial charge in [0, 0.05) is 6.42 Å². The molecule has 0 fully saturated rings. The van der Waals surface area contributed by atoms with E-state index in [4.69, 9.17) is 4.43 Å². The minimum absolute atomic E-state index is 0.177. The average Bonchev–Trinajstić information content (AvgIpc) is 2.26. The first-order valence-electron chi connectivity index (χ1n) is 5.48. The largest absolute Gasteiger partial charge is 0.408 e. The molecule has 0 amide bonds. The van der Waals surface area contributed by atoms with E-state index in [1.807, 2.05) is 13.0 Å². The molecule has 3 heteroatoms. The third-order valence-electron chi connectivity index (χ3n) is 3.44. The third-order valence-corrected chi connectivity index (χ3v) is 8.03. The van der Waals surface area contributed by atoms with E-state index in [2.05, 4.69) is 33.9 Å². The fourth-order valence-electron chi connectivity index (χ4n) is 1.54. The lowest BCUT2D eigenvalue weighted by molar-refractivity contribution is -0.115. The van der Waals surface area contributed by atoms with Crippen LogP contribution in [0.15, 0.2) is 12.2 Å². The van der Waals surface area contributed by atoms with Crippen LogP contribution in [0.5, 0.6) is 0 Å². The number of ketones is 1. The van der Waals surface area contributed by atoms with Gasteiger partial charge in [0.05, 0.1) is 5.60 Å². The molecule has 0 saturated heterocycles. The first kappa shape index (κ1) is 12.7. The number of rotatable bonds is 2. The summed E-state index contributed by atoms with van der Waals surface area (Å²) in [6, 6.07) is 0. The van der Waals surface area contributed by atoms with Crippen LogP contribution in [0.1, 0.15) is 34.1 Å². The van der Waals surface area contributed by atoms with Crippen LogP contribution in [0.4, 0.5) is 0 Å². The molecule has 2 nitrogen and oxygen atoms in total. The lowest BCUT2D eigenvalue weighted by Gasteiger charge is -2.41. The van der Waals surface area contributed by atoms with Crippen molar-refractivity contribution in [2.24, 2.45) is 0 Å². The second-order valence-electron chi connectivity index (χ2n) is 6.15. The van der Waals surface area contributed by atoms with Crippen LogP contribution in [-0.2, 0) is 9.22 Å². The highest BCUT2D eigenvalue weighted by Gasteiger charge is 2.43. The zero-order chi connectivity index (χ0) is 11.9. The van der Waals surface area contributed by atoms with Crippen LogP contribution in [0.25, 0.3) is 0 Å². The highest BCUT2D eigenvalue weighted by molar-refractivity contribution is 6.74. The summed E-state index contributed by atoms with van der Waals surface area (Å²) in [5, 5.41) is 0.190. The third kappa shape index (κ3) is 2.79. The normalized spacial score (nSPS) is 27.5. The van der Waals surface area contributed by atoms with Crippen LogP contribution < -0.4 is 0 Å². The Hall–Kier alpha value is -0.413. The van der Waals surface area contributed by atoms with Gasteiger partial charge in [-0.3, -0.25) is 4.79 Å². The number of hydrogen-bond donors (Lipinski definition) is 0. The maximum atomic E-state index is 11.2. The molecule has 0 unspecified atom stereocenters. The van der Waals surface area contributed by atoms with Gasteiger partial charge in [0.2, 0.25) is 0 Å². The van der Waals surface area contributed by atoms with E-state index in [1.165, 1.54) is 0 Å². The zero-order valence-electron chi connectivity index (χ0n) is 10.7. The topological polar surface area (TPSA) is 26.3 Å². The van der Waals surface area contributed by atoms with Crippen LogP contribution in [0, 0.1) is 0 Å². The molecule has 0 aromatic carbocycles. The fourth-order valence-corrected chi connectivity index (χ4v) is 3.15. The van der Waals surface area contributed by atoms with E-state index in [0.717, 1.165) is 0 Å². The summed E-state index contributed by atoms with van der Waals surface area (Å²) in [6.45, 7) is 13.1. The standard InChI is InChI=1S/C12H22O2Si/c1-11(2,3)15(5,6)14-12(4)8-7-10(13)9-12/h7-8H,9H2,1-6H3/t12-/m0/s1. The van der Waals surface area contributed by atoms with Crippen LogP contribution >= 0.6 is 0 Å². The van der Waals surface area contributed by atoms with Crippen molar-refractivity contribution in [2.75, 3.05) is 0 Å². The molecule has 1 aliphatic carbocycles. The quantitative estimate of drug-likeness (QED) is 0.675. The smallest absolute Gasteiger partial charge is 0.193 e. The van der Waals surface area contributed by atoms with E-state index in [-0.39, 0.29) is 16.4 Å². The van der Waals surface area contributed by atoms with Crippen molar-refractivity contribution in [3.05, 3.63) is 12.2 Å². The molecule has 1 rings (SSSR count). The zero-order valence-corrected chi connectivity index (χ0v) is 11.7. The number of carbonyl (C=O) groups excluding carboxylic acids is 1. The van der Waals surface area contributed by atoms with Gasteiger partial charge in [0.15, 0.2) is 14.1 Å². The summed E-state index contributed by atoms with van der Waals surface area (Å²) >= 11 is 0. The van der Waals surface area contributed by atoms with Gasteiger partial charge in [-0.1, -0.05) is 26.8 Å². The van der Waals surface area contributed by atoms with Gasteiger partial charge in [0.25, 0.3) is 0 Å². The van der Waals surface area contributed by atoms with Crippen molar-refractivity contribution in [1.29, 1.82) is 0 Å². The van der Waals surface area contributed by atoms with Crippen LogP contribution in [0.3, 0.4) is 0 Å². The highest BCUT2D eigenvalue weighted by atomic mass is 28.4. The van der Waals surface area contributed by atoms with Gasteiger partial charge in [-0.15, -0.1) is 0 Å². The SMILES string of the molecule is CC(C)(C)[Si](C)(C)O[C@@]1(C)C=CC(=O)C1. The van der Waals surface area contributed by atoms with Gasteiger partial charge in [-0.25, -0.2) is 0 Å². The highest BCUT2D eigenvalue weighted by Crippen LogP contribution is 2.41. The van der Waals surface area contributed by atoms with Crippen molar-refractivity contribution in [1.82, 2.24) is 0 Å². The number of hydrogen-bond acceptors (Lipinski definition) is 2. The second-order valence-corrected chi connectivity index (χ2v) is 10.9. The minimum atomic E-state index is -1.78. The molecular formula is C12H22O2Si. The fraction of sp³-hybridized carbons (Fsp3) is 0.750. The Bertz CT molecular complexity index is 299. The first-order valence-corrected chi connectivity index (χ1v) is 8.39. The maximum absolute atomic E-state index is 11.2. The molecule has 86 valence electrons. The summed E-state index contributed by atoms with van der Waals surface area (Å²) in [5.41, 5.74) is -0.361.